The van der Waals surface area contributed by atoms with Crippen LogP contribution in [0, 0.1) is 0 Å². The van der Waals surface area contributed by atoms with Crippen LogP contribution in [0.2, 0.25) is 0 Å². The van der Waals surface area contributed by atoms with Gasteiger partial charge in [0.1, 0.15) is 11.6 Å². The smallest absolute Gasteiger partial charge is 0.142 e. The van der Waals surface area contributed by atoms with Crippen LogP contribution in [0.1, 0.15) is 5.56 Å². The predicted molar refractivity (Wildman–Crippen MR) is 71.3 cm³/mol. The van der Waals surface area contributed by atoms with E-state index >= 15 is 0 Å². The molecular weight excluding hydrogens is 286 g/mol. The van der Waals surface area contributed by atoms with Gasteiger partial charge in [-0.3, -0.25) is 4.99 Å². The molecule has 0 amide bonds. The Labute approximate surface area is 109 Å². The van der Waals surface area contributed by atoms with Gasteiger partial charge in [-0.1, -0.05) is 0 Å². The van der Waals surface area contributed by atoms with Crippen LogP contribution in [0.15, 0.2) is 27.7 Å². The van der Waals surface area contributed by atoms with Crippen LogP contribution >= 0.6 is 15.9 Å². The molecule has 94 valence electrons. The number of hydrogen-bond acceptors (Lipinski definition) is 4. The van der Waals surface area contributed by atoms with Crippen molar-refractivity contribution < 1.29 is 9.47 Å². The number of aliphatic imine (C=N–C) groups is 1. The molecule has 0 bridgehead atoms. The Morgan fingerprint density at radius 1 is 1.47 bits per heavy atom. The van der Waals surface area contributed by atoms with Gasteiger partial charge in [0.15, 0.2) is 0 Å². The highest BCUT2D eigenvalue weighted by Crippen LogP contribution is 2.25. The molecule has 0 aliphatic carbocycles. The minimum absolute atomic E-state index is 0.555. The molecule has 0 aliphatic heterocycles. The molecule has 5 nitrogen and oxygen atoms in total. The van der Waals surface area contributed by atoms with Crippen LogP contribution in [0.4, 0.5) is 0 Å². The van der Waals surface area contributed by atoms with Crippen LogP contribution in [-0.2, 0) is 4.74 Å². The lowest BCUT2D eigenvalue weighted by atomic mass is 10.2. The zero-order valence-electron chi connectivity index (χ0n) is 9.87. The first-order chi connectivity index (χ1) is 8.22. The van der Waals surface area contributed by atoms with E-state index in [4.69, 9.17) is 15.3 Å². The van der Waals surface area contributed by atoms with Crippen LogP contribution in [0.3, 0.4) is 0 Å². The molecule has 0 fully saturated rings. The number of nitrogens with two attached hydrogens (primary N) is 1. The summed E-state index contributed by atoms with van der Waals surface area (Å²) in [6.45, 7) is 1.11. The van der Waals surface area contributed by atoms with Gasteiger partial charge in [-0.25, -0.2) is 5.84 Å². The number of rotatable bonds is 5. The molecule has 0 aromatic heterocycles. The molecule has 0 aliphatic rings. The number of amidine groups is 1. The number of benzene rings is 1. The van der Waals surface area contributed by atoms with E-state index in [2.05, 4.69) is 26.3 Å². The Morgan fingerprint density at radius 3 is 2.76 bits per heavy atom. The highest BCUT2D eigenvalue weighted by atomic mass is 79.9. The third kappa shape index (κ3) is 3.99. The summed E-state index contributed by atoms with van der Waals surface area (Å²) >= 11 is 3.41. The average Bonchev–Trinajstić information content (AvgIpc) is 2.35. The summed E-state index contributed by atoms with van der Waals surface area (Å²) in [7, 11) is 3.25. The summed E-state index contributed by atoms with van der Waals surface area (Å²) in [4.78, 5) is 4.29. The van der Waals surface area contributed by atoms with E-state index in [9.17, 15) is 0 Å². The monoisotopic (exact) mass is 301 g/mol. The van der Waals surface area contributed by atoms with Crippen molar-refractivity contribution in [2.45, 2.75) is 0 Å². The van der Waals surface area contributed by atoms with E-state index in [1.165, 1.54) is 0 Å². The van der Waals surface area contributed by atoms with Crippen molar-refractivity contribution in [2.75, 3.05) is 27.4 Å². The van der Waals surface area contributed by atoms with Crippen LogP contribution < -0.4 is 16.0 Å². The standard InChI is InChI=1S/C11H16BrN3O2/c1-16-6-5-14-11(15-13)8-3-4-10(17-2)9(12)7-8/h3-4,7H,5-6,13H2,1-2H3,(H,14,15). The van der Waals surface area contributed by atoms with E-state index in [0.717, 1.165) is 15.8 Å². The van der Waals surface area contributed by atoms with Crippen molar-refractivity contribution in [3.8, 4) is 5.75 Å². The van der Waals surface area contributed by atoms with Crippen molar-refractivity contribution in [1.29, 1.82) is 0 Å². The lowest BCUT2D eigenvalue weighted by Gasteiger charge is -2.08. The van der Waals surface area contributed by atoms with E-state index in [1.807, 2.05) is 18.2 Å². The van der Waals surface area contributed by atoms with E-state index < -0.39 is 0 Å². The Bertz CT molecular complexity index is 396. The third-order valence-electron chi connectivity index (χ3n) is 2.13. The number of halogens is 1. The summed E-state index contributed by atoms with van der Waals surface area (Å²) < 4.78 is 10.9. The van der Waals surface area contributed by atoms with Gasteiger partial charge in [-0.2, -0.15) is 0 Å². The van der Waals surface area contributed by atoms with Gasteiger partial charge in [0.05, 0.1) is 24.7 Å². The SMILES string of the molecule is COCCN=C(NN)c1ccc(OC)c(Br)c1. The first-order valence-corrected chi connectivity index (χ1v) is 5.86. The Balaban J connectivity index is 2.88. The first-order valence-electron chi connectivity index (χ1n) is 5.06. The van der Waals surface area contributed by atoms with Crippen molar-refractivity contribution in [1.82, 2.24) is 5.43 Å². The Kier molecular flexibility index (Phi) is 5.96. The molecule has 0 radical (unpaired) electrons. The van der Waals surface area contributed by atoms with Gasteiger partial charge in [-0.05, 0) is 34.1 Å². The Hall–Kier alpha value is -1.11. The minimum atomic E-state index is 0.555. The van der Waals surface area contributed by atoms with E-state index in [-0.39, 0.29) is 0 Å². The maximum absolute atomic E-state index is 5.44. The largest absolute Gasteiger partial charge is 0.496 e. The second kappa shape index (κ2) is 7.26. The van der Waals surface area contributed by atoms with Gasteiger partial charge in [-0.15, -0.1) is 0 Å². The van der Waals surface area contributed by atoms with Crippen molar-refractivity contribution in [3.05, 3.63) is 28.2 Å². The maximum Gasteiger partial charge on any atom is 0.142 e. The molecule has 0 saturated heterocycles. The summed E-state index contributed by atoms with van der Waals surface area (Å²) in [6, 6.07) is 5.63. The van der Waals surface area contributed by atoms with Gasteiger partial charge in [0, 0.05) is 12.7 Å². The van der Waals surface area contributed by atoms with Gasteiger partial charge >= 0.3 is 0 Å². The van der Waals surface area contributed by atoms with Gasteiger partial charge in [0.25, 0.3) is 0 Å². The number of methoxy groups -OCH3 is 2. The zero-order valence-corrected chi connectivity index (χ0v) is 11.5. The van der Waals surface area contributed by atoms with Crippen molar-refractivity contribution >= 4 is 21.8 Å². The molecule has 1 rings (SSSR count). The summed E-state index contributed by atoms with van der Waals surface area (Å²) in [5.74, 6) is 6.82. The number of ether oxygens (including phenoxy) is 2. The molecule has 17 heavy (non-hydrogen) atoms. The molecular formula is C11H16BrN3O2. The van der Waals surface area contributed by atoms with Crippen LogP contribution in [-0.4, -0.2) is 33.2 Å². The highest BCUT2D eigenvalue weighted by molar-refractivity contribution is 9.10. The fourth-order valence-corrected chi connectivity index (χ4v) is 1.82. The van der Waals surface area contributed by atoms with Crippen LogP contribution in [0.5, 0.6) is 5.75 Å². The zero-order chi connectivity index (χ0) is 12.7. The third-order valence-corrected chi connectivity index (χ3v) is 2.75. The number of nitrogens with one attached hydrogen (secondary N) is 1. The topological polar surface area (TPSA) is 68.9 Å². The second-order valence-corrected chi connectivity index (χ2v) is 4.07. The minimum Gasteiger partial charge on any atom is -0.496 e. The normalized spacial score (nSPS) is 11.4. The second-order valence-electron chi connectivity index (χ2n) is 3.22. The van der Waals surface area contributed by atoms with Crippen LogP contribution in [0.25, 0.3) is 0 Å². The van der Waals surface area contributed by atoms with E-state index in [1.54, 1.807) is 14.2 Å². The predicted octanol–water partition coefficient (Wildman–Crippen LogP) is 1.31. The number of hydrazine groups is 1. The maximum atomic E-state index is 5.44. The molecule has 3 N–H and O–H groups in total. The van der Waals surface area contributed by atoms with Gasteiger partial charge < -0.3 is 14.9 Å². The molecule has 0 heterocycles. The molecule has 1 aromatic carbocycles. The molecule has 0 saturated carbocycles. The molecule has 0 spiro atoms. The Morgan fingerprint density at radius 2 is 2.24 bits per heavy atom. The van der Waals surface area contributed by atoms with E-state index in [0.29, 0.717) is 19.0 Å². The molecule has 0 unspecified atom stereocenters. The summed E-state index contributed by atoms with van der Waals surface area (Å²) in [5, 5.41) is 0. The highest BCUT2D eigenvalue weighted by Gasteiger charge is 2.05. The molecule has 1 aromatic rings. The average molecular weight is 302 g/mol. The molecule has 0 atom stereocenters. The van der Waals surface area contributed by atoms with Gasteiger partial charge in [0.2, 0.25) is 0 Å². The van der Waals surface area contributed by atoms with Crippen molar-refractivity contribution in [3.63, 3.8) is 0 Å². The lowest BCUT2D eigenvalue weighted by Crippen LogP contribution is -2.31. The van der Waals surface area contributed by atoms with Crippen molar-refractivity contribution in [2.24, 2.45) is 10.8 Å². The number of hydrogen-bond donors (Lipinski definition) is 2. The fraction of sp³-hybridized carbons (Fsp3) is 0.364. The lowest BCUT2D eigenvalue weighted by molar-refractivity contribution is 0.208. The fourth-order valence-electron chi connectivity index (χ4n) is 1.28. The summed E-state index contributed by atoms with van der Waals surface area (Å²) in [5.41, 5.74) is 3.46. The number of nitrogens with zero attached hydrogens (tertiary/aromatic N) is 1. The quantitative estimate of drug-likeness (QED) is 0.283. The molecule has 6 heteroatoms. The first kappa shape index (κ1) is 14.0. The summed E-state index contributed by atoms with van der Waals surface area (Å²) in [6.07, 6.45) is 0.